The summed E-state index contributed by atoms with van der Waals surface area (Å²) >= 11 is 4.74. The quantitative estimate of drug-likeness (QED) is 0.323. The number of benzene rings is 2. The zero-order chi connectivity index (χ0) is 19.2. The maximum atomic E-state index is 13.0. The van der Waals surface area contributed by atoms with E-state index in [1.165, 1.54) is 23.5 Å². The van der Waals surface area contributed by atoms with E-state index in [1.807, 2.05) is 23.6 Å². The fraction of sp³-hybridized carbons (Fsp3) is 0.0952. The van der Waals surface area contributed by atoms with E-state index in [0.29, 0.717) is 16.4 Å². The lowest BCUT2D eigenvalue weighted by molar-refractivity contribution is 0.105. The van der Waals surface area contributed by atoms with E-state index < -0.39 is 0 Å². The summed E-state index contributed by atoms with van der Waals surface area (Å²) in [7, 11) is 1.59. The highest BCUT2D eigenvalue weighted by molar-refractivity contribution is 9.10. The summed E-state index contributed by atoms with van der Waals surface area (Å²) in [5.74, 6) is 0.890. The van der Waals surface area contributed by atoms with Gasteiger partial charge in [-0.15, -0.1) is 11.3 Å². The van der Waals surface area contributed by atoms with Gasteiger partial charge in [0.25, 0.3) is 0 Å². The molecule has 0 spiro atoms. The molecule has 0 atom stereocenters. The van der Waals surface area contributed by atoms with Gasteiger partial charge in [-0.05, 0) is 70.0 Å². The summed E-state index contributed by atoms with van der Waals surface area (Å²) in [4.78, 5) is 12.9. The Morgan fingerprint density at radius 2 is 1.96 bits per heavy atom. The molecule has 0 radical (unpaired) electrons. The topological polar surface area (TPSA) is 35.5 Å². The van der Waals surface area contributed by atoms with Crippen LogP contribution >= 0.6 is 27.3 Å². The third-order valence-electron chi connectivity index (χ3n) is 3.75. The number of carbonyl (C=O) groups is 1. The van der Waals surface area contributed by atoms with Crippen molar-refractivity contribution in [3.63, 3.8) is 0 Å². The predicted octanol–water partition coefficient (Wildman–Crippen LogP) is 6.13. The third kappa shape index (κ3) is 5.28. The minimum absolute atomic E-state index is 0.0503. The molecule has 3 aromatic rings. The molecule has 3 rings (SSSR count). The Morgan fingerprint density at radius 1 is 1.19 bits per heavy atom. The third-order valence-corrected chi connectivity index (χ3v) is 5.46. The van der Waals surface area contributed by atoms with Crippen LogP contribution in [0.4, 0.5) is 4.39 Å². The van der Waals surface area contributed by atoms with Crippen LogP contribution in [0.25, 0.3) is 6.08 Å². The lowest BCUT2D eigenvalue weighted by atomic mass is 10.1. The molecule has 1 aromatic heterocycles. The van der Waals surface area contributed by atoms with E-state index in [2.05, 4.69) is 15.9 Å². The number of methoxy groups -OCH3 is 1. The van der Waals surface area contributed by atoms with Gasteiger partial charge in [0.1, 0.15) is 23.9 Å². The van der Waals surface area contributed by atoms with Crippen LogP contribution in [0.15, 0.2) is 64.5 Å². The highest BCUT2D eigenvalue weighted by Crippen LogP contribution is 2.24. The zero-order valence-corrected chi connectivity index (χ0v) is 16.8. The van der Waals surface area contributed by atoms with Gasteiger partial charge in [0, 0.05) is 15.4 Å². The Bertz CT molecular complexity index is 964. The first-order chi connectivity index (χ1) is 13.0. The van der Waals surface area contributed by atoms with Crippen molar-refractivity contribution in [3.8, 4) is 11.5 Å². The highest BCUT2D eigenvalue weighted by atomic mass is 79.9. The minimum Gasteiger partial charge on any atom is -0.496 e. The molecule has 27 heavy (non-hydrogen) atoms. The Morgan fingerprint density at radius 3 is 2.63 bits per heavy atom. The fourth-order valence-corrected chi connectivity index (χ4v) is 3.75. The van der Waals surface area contributed by atoms with Gasteiger partial charge in [-0.3, -0.25) is 4.79 Å². The Hall–Kier alpha value is -2.44. The monoisotopic (exact) mass is 446 g/mol. The van der Waals surface area contributed by atoms with Crippen LogP contribution in [0, 0.1) is 5.82 Å². The molecule has 0 amide bonds. The molecular weight excluding hydrogens is 431 g/mol. The molecule has 1 heterocycles. The van der Waals surface area contributed by atoms with E-state index in [9.17, 15) is 9.18 Å². The second-order valence-corrected chi connectivity index (χ2v) is 7.47. The van der Waals surface area contributed by atoms with Crippen molar-refractivity contribution in [3.05, 3.63) is 86.3 Å². The average molecular weight is 447 g/mol. The van der Waals surface area contributed by atoms with Crippen LogP contribution in [0.2, 0.25) is 0 Å². The molecular formula is C21H16BrFO3S. The van der Waals surface area contributed by atoms with Gasteiger partial charge in [-0.25, -0.2) is 4.39 Å². The Balaban J connectivity index is 1.73. The number of hydrogen-bond donors (Lipinski definition) is 0. The van der Waals surface area contributed by atoms with Crippen LogP contribution in [-0.4, -0.2) is 12.9 Å². The molecule has 0 aliphatic carbocycles. The van der Waals surface area contributed by atoms with Gasteiger partial charge in [0.15, 0.2) is 5.78 Å². The van der Waals surface area contributed by atoms with Gasteiger partial charge in [0.05, 0.1) is 12.0 Å². The average Bonchev–Trinajstić information content (AvgIpc) is 3.12. The molecule has 0 bridgehead atoms. The number of thiophene rings is 1. The molecule has 3 nitrogen and oxygen atoms in total. The predicted molar refractivity (Wildman–Crippen MR) is 109 cm³/mol. The lowest BCUT2D eigenvalue weighted by Crippen LogP contribution is -1.99. The summed E-state index contributed by atoms with van der Waals surface area (Å²) < 4.78 is 25.0. The van der Waals surface area contributed by atoms with Gasteiger partial charge >= 0.3 is 0 Å². The van der Waals surface area contributed by atoms with E-state index in [0.717, 1.165) is 15.6 Å². The van der Waals surface area contributed by atoms with Crippen molar-refractivity contribution in [1.82, 2.24) is 0 Å². The first kappa shape index (κ1) is 19.3. The standard InChI is InChI=1S/C21H16BrFO3S/c1-25-20-9-3-14(2-8-19(24)21-11-16(22)13-27-21)10-15(20)12-26-18-6-4-17(23)5-7-18/h2-11,13H,12H2,1H3/b8-2+. The van der Waals surface area contributed by atoms with E-state index in [-0.39, 0.29) is 18.2 Å². The van der Waals surface area contributed by atoms with Crippen molar-refractivity contribution < 1.29 is 18.7 Å². The fourth-order valence-electron chi connectivity index (χ4n) is 2.40. The van der Waals surface area contributed by atoms with Gasteiger partial charge in [-0.2, -0.15) is 0 Å². The Labute approximate surface area is 169 Å². The normalized spacial score (nSPS) is 10.9. The number of ether oxygens (including phenoxy) is 2. The maximum Gasteiger partial charge on any atom is 0.195 e. The summed E-state index contributed by atoms with van der Waals surface area (Å²) in [6.45, 7) is 0.266. The number of halogens is 2. The van der Waals surface area contributed by atoms with Crippen molar-refractivity contribution in [2.75, 3.05) is 7.11 Å². The Kier molecular flexibility index (Phi) is 6.42. The summed E-state index contributed by atoms with van der Waals surface area (Å²) in [6, 6.07) is 13.2. The van der Waals surface area contributed by atoms with E-state index >= 15 is 0 Å². The molecule has 0 unspecified atom stereocenters. The van der Waals surface area contributed by atoms with Gasteiger partial charge < -0.3 is 9.47 Å². The molecule has 0 N–H and O–H groups in total. The van der Waals surface area contributed by atoms with Crippen molar-refractivity contribution in [2.24, 2.45) is 0 Å². The number of ketones is 1. The first-order valence-corrected chi connectivity index (χ1v) is 9.74. The van der Waals surface area contributed by atoms with Gasteiger partial charge in [-0.1, -0.05) is 12.1 Å². The molecule has 6 heteroatoms. The number of rotatable bonds is 7. The van der Waals surface area contributed by atoms with Crippen LogP contribution < -0.4 is 9.47 Å². The van der Waals surface area contributed by atoms with E-state index in [4.69, 9.17) is 9.47 Å². The van der Waals surface area contributed by atoms with Crippen molar-refractivity contribution in [2.45, 2.75) is 6.61 Å². The van der Waals surface area contributed by atoms with Crippen molar-refractivity contribution >= 4 is 39.1 Å². The number of hydrogen-bond acceptors (Lipinski definition) is 4. The molecule has 2 aromatic carbocycles. The van der Waals surface area contributed by atoms with Crippen LogP contribution in [-0.2, 0) is 6.61 Å². The van der Waals surface area contributed by atoms with Crippen LogP contribution in [0.1, 0.15) is 20.8 Å². The molecule has 0 fully saturated rings. The molecule has 0 aliphatic rings. The molecule has 0 saturated carbocycles. The molecule has 0 saturated heterocycles. The summed E-state index contributed by atoms with van der Waals surface area (Å²) in [5, 5.41) is 1.87. The second kappa shape index (κ2) is 8.97. The zero-order valence-electron chi connectivity index (χ0n) is 14.4. The van der Waals surface area contributed by atoms with Crippen LogP contribution in [0.5, 0.6) is 11.5 Å². The summed E-state index contributed by atoms with van der Waals surface area (Å²) in [5.41, 5.74) is 1.69. The maximum absolute atomic E-state index is 13.0. The highest BCUT2D eigenvalue weighted by Gasteiger charge is 2.07. The van der Waals surface area contributed by atoms with Gasteiger partial charge in [0.2, 0.25) is 0 Å². The smallest absolute Gasteiger partial charge is 0.195 e. The second-order valence-electron chi connectivity index (χ2n) is 5.64. The SMILES string of the molecule is COc1ccc(/C=C/C(=O)c2cc(Br)cs2)cc1COc1ccc(F)cc1. The van der Waals surface area contributed by atoms with Crippen LogP contribution in [0.3, 0.4) is 0 Å². The minimum atomic E-state index is -0.311. The summed E-state index contributed by atoms with van der Waals surface area (Å²) in [6.07, 6.45) is 3.31. The first-order valence-electron chi connectivity index (χ1n) is 8.07. The largest absolute Gasteiger partial charge is 0.496 e. The number of allylic oxidation sites excluding steroid dienone is 1. The number of carbonyl (C=O) groups excluding carboxylic acids is 1. The molecule has 0 aliphatic heterocycles. The van der Waals surface area contributed by atoms with Crippen molar-refractivity contribution in [1.29, 1.82) is 0 Å². The molecule has 138 valence electrons. The van der Waals surface area contributed by atoms with E-state index in [1.54, 1.807) is 37.5 Å². The lowest BCUT2D eigenvalue weighted by Gasteiger charge is -2.11.